The third kappa shape index (κ3) is 1.21. The monoisotopic (exact) mass is 157 g/mol. The third-order valence-electron chi connectivity index (χ3n) is 1.47. The van der Waals surface area contributed by atoms with E-state index >= 15 is 0 Å². The van der Waals surface area contributed by atoms with Crippen molar-refractivity contribution in [3.8, 4) is 0 Å². The van der Waals surface area contributed by atoms with E-state index in [9.17, 15) is 4.79 Å². The summed E-state index contributed by atoms with van der Waals surface area (Å²) in [5.74, 6) is 0. The predicted molar refractivity (Wildman–Crippen MR) is 41.4 cm³/mol. The molecule has 0 saturated carbocycles. The topological polar surface area (TPSA) is 22.0 Å². The quantitative estimate of drug-likeness (QED) is 0.557. The average Bonchev–Trinajstić information content (AvgIpc) is 1.82. The van der Waals surface area contributed by atoms with Crippen LogP contribution in [-0.4, -0.2) is 4.57 Å². The molecule has 1 heterocycles. The van der Waals surface area contributed by atoms with E-state index in [1.807, 2.05) is 6.92 Å². The molecule has 2 nitrogen and oxygen atoms in total. The molecule has 0 unspecified atom stereocenters. The molecule has 1 aromatic rings. The van der Waals surface area contributed by atoms with Gasteiger partial charge in [0.2, 0.25) is 0 Å². The maximum Gasteiger partial charge on any atom is 0.251 e. The highest BCUT2D eigenvalue weighted by Gasteiger charge is 1.95. The van der Waals surface area contributed by atoms with E-state index in [0.717, 1.165) is 5.69 Å². The minimum Gasteiger partial charge on any atom is -0.316 e. The Morgan fingerprint density at radius 3 is 2.60 bits per heavy atom. The first-order valence-corrected chi connectivity index (χ1v) is 3.32. The molecular weight excluding hydrogens is 150 g/mol. The second-order valence-electron chi connectivity index (χ2n) is 2.21. The Morgan fingerprint density at radius 2 is 2.10 bits per heavy atom. The summed E-state index contributed by atoms with van der Waals surface area (Å²) < 4.78 is 1.55. The molecule has 1 aromatic heterocycles. The van der Waals surface area contributed by atoms with E-state index < -0.39 is 0 Å². The van der Waals surface area contributed by atoms with Crippen LogP contribution in [0, 0.1) is 6.92 Å². The first-order valence-electron chi connectivity index (χ1n) is 2.94. The van der Waals surface area contributed by atoms with Gasteiger partial charge in [-0.15, -0.1) is 0 Å². The van der Waals surface area contributed by atoms with Gasteiger partial charge in [-0.3, -0.25) is 4.79 Å². The fraction of sp³-hybridized carbons (Fsp3) is 0.286. The number of aromatic nitrogens is 1. The van der Waals surface area contributed by atoms with Crippen LogP contribution < -0.4 is 5.56 Å². The largest absolute Gasteiger partial charge is 0.316 e. The van der Waals surface area contributed by atoms with Crippen molar-refractivity contribution in [1.29, 1.82) is 0 Å². The van der Waals surface area contributed by atoms with Gasteiger partial charge in [0.25, 0.3) is 5.56 Å². The number of hydrogen-bond donors (Lipinski definition) is 0. The number of rotatable bonds is 0. The summed E-state index contributed by atoms with van der Waals surface area (Å²) in [7, 11) is 1.72. The molecule has 0 aliphatic rings. The molecular formula is C7H8ClNO. The van der Waals surface area contributed by atoms with E-state index in [1.165, 1.54) is 6.07 Å². The van der Waals surface area contributed by atoms with Crippen molar-refractivity contribution in [3.05, 3.63) is 33.2 Å². The Bertz CT molecular complexity index is 303. The van der Waals surface area contributed by atoms with Crippen molar-refractivity contribution in [2.75, 3.05) is 0 Å². The zero-order valence-electron chi connectivity index (χ0n) is 5.89. The van der Waals surface area contributed by atoms with Gasteiger partial charge < -0.3 is 4.57 Å². The van der Waals surface area contributed by atoms with Gasteiger partial charge >= 0.3 is 0 Å². The van der Waals surface area contributed by atoms with Gasteiger partial charge in [-0.2, -0.15) is 0 Å². The van der Waals surface area contributed by atoms with Crippen LogP contribution in [0.15, 0.2) is 16.9 Å². The maximum absolute atomic E-state index is 10.9. The van der Waals surface area contributed by atoms with Crippen LogP contribution in [0.25, 0.3) is 0 Å². The minimum atomic E-state index is -0.0648. The zero-order chi connectivity index (χ0) is 7.72. The molecule has 0 aliphatic heterocycles. The molecule has 0 aromatic carbocycles. The van der Waals surface area contributed by atoms with E-state index in [2.05, 4.69) is 0 Å². The number of pyridine rings is 1. The lowest BCUT2D eigenvalue weighted by molar-refractivity contribution is 0.819. The summed E-state index contributed by atoms with van der Waals surface area (Å²) >= 11 is 5.61. The molecule has 1 rings (SSSR count). The summed E-state index contributed by atoms with van der Waals surface area (Å²) in [6.45, 7) is 1.84. The van der Waals surface area contributed by atoms with E-state index in [1.54, 1.807) is 17.7 Å². The van der Waals surface area contributed by atoms with E-state index in [0.29, 0.717) is 5.02 Å². The fourth-order valence-electron chi connectivity index (χ4n) is 0.727. The smallest absolute Gasteiger partial charge is 0.251 e. The summed E-state index contributed by atoms with van der Waals surface area (Å²) in [5, 5.41) is 0.501. The van der Waals surface area contributed by atoms with Gasteiger partial charge in [0, 0.05) is 23.8 Å². The van der Waals surface area contributed by atoms with Crippen molar-refractivity contribution in [3.63, 3.8) is 0 Å². The van der Waals surface area contributed by atoms with Crippen molar-refractivity contribution in [2.24, 2.45) is 7.05 Å². The molecule has 0 bridgehead atoms. The van der Waals surface area contributed by atoms with Crippen molar-refractivity contribution in [2.45, 2.75) is 6.92 Å². The van der Waals surface area contributed by atoms with Gasteiger partial charge in [0.1, 0.15) is 0 Å². The lowest BCUT2D eigenvalue weighted by Crippen LogP contribution is -2.16. The predicted octanol–water partition coefficient (Wildman–Crippen LogP) is 1.35. The summed E-state index contributed by atoms with van der Waals surface area (Å²) in [5.41, 5.74) is 0.808. The number of halogens is 1. The molecule has 54 valence electrons. The second kappa shape index (κ2) is 2.46. The van der Waals surface area contributed by atoms with Crippen LogP contribution in [0.3, 0.4) is 0 Å². The molecule has 0 radical (unpaired) electrons. The van der Waals surface area contributed by atoms with Gasteiger partial charge in [-0.05, 0) is 13.0 Å². The van der Waals surface area contributed by atoms with Gasteiger partial charge in [0.05, 0.1) is 0 Å². The number of nitrogens with zero attached hydrogens (tertiary/aromatic N) is 1. The third-order valence-corrected chi connectivity index (χ3v) is 1.69. The number of hydrogen-bond acceptors (Lipinski definition) is 1. The Hall–Kier alpha value is -0.760. The molecule has 0 amide bonds. The van der Waals surface area contributed by atoms with Crippen LogP contribution in [-0.2, 0) is 7.05 Å². The van der Waals surface area contributed by atoms with Crippen molar-refractivity contribution < 1.29 is 0 Å². The molecule has 0 fully saturated rings. The van der Waals surface area contributed by atoms with Crippen LogP contribution in [0.1, 0.15) is 5.69 Å². The summed E-state index contributed by atoms with van der Waals surface area (Å²) in [4.78, 5) is 10.9. The Kier molecular flexibility index (Phi) is 1.81. The molecule has 3 heteroatoms. The zero-order valence-corrected chi connectivity index (χ0v) is 6.64. The number of aryl methyl sites for hydroxylation is 1. The average molecular weight is 158 g/mol. The van der Waals surface area contributed by atoms with Crippen molar-refractivity contribution >= 4 is 11.6 Å². The Morgan fingerprint density at radius 1 is 1.50 bits per heavy atom. The molecule has 0 N–H and O–H groups in total. The first-order chi connectivity index (χ1) is 4.61. The van der Waals surface area contributed by atoms with Crippen LogP contribution >= 0.6 is 11.6 Å². The lowest BCUT2D eigenvalue weighted by Gasteiger charge is -2.00. The van der Waals surface area contributed by atoms with Gasteiger partial charge in [-0.1, -0.05) is 11.6 Å². The summed E-state index contributed by atoms with van der Waals surface area (Å²) in [6, 6.07) is 3.15. The molecule has 10 heavy (non-hydrogen) atoms. The van der Waals surface area contributed by atoms with Gasteiger partial charge in [0.15, 0.2) is 0 Å². The fourth-order valence-corrected chi connectivity index (χ4v) is 0.978. The van der Waals surface area contributed by atoms with Crippen LogP contribution in [0.4, 0.5) is 0 Å². The van der Waals surface area contributed by atoms with Crippen LogP contribution in [0.2, 0.25) is 5.02 Å². The highest BCUT2D eigenvalue weighted by Crippen LogP contribution is 2.05. The van der Waals surface area contributed by atoms with E-state index in [-0.39, 0.29) is 5.56 Å². The lowest BCUT2D eigenvalue weighted by atomic mass is 10.4. The highest BCUT2D eigenvalue weighted by atomic mass is 35.5. The maximum atomic E-state index is 10.9. The Labute approximate surface area is 64.1 Å². The van der Waals surface area contributed by atoms with Crippen molar-refractivity contribution in [1.82, 2.24) is 4.57 Å². The first kappa shape index (κ1) is 7.35. The molecule has 0 atom stereocenters. The molecule has 0 aliphatic carbocycles. The second-order valence-corrected chi connectivity index (χ2v) is 2.65. The molecule has 0 spiro atoms. The molecule has 0 saturated heterocycles. The normalized spacial score (nSPS) is 9.90. The van der Waals surface area contributed by atoms with Crippen LogP contribution in [0.5, 0.6) is 0 Å². The SMILES string of the molecule is Cc1cc(Cl)cc(=O)n1C. The van der Waals surface area contributed by atoms with Gasteiger partial charge in [-0.25, -0.2) is 0 Å². The highest BCUT2D eigenvalue weighted by molar-refractivity contribution is 6.30. The van der Waals surface area contributed by atoms with E-state index in [4.69, 9.17) is 11.6 Å². The standard InChI is InChI=1S/C7H8ClNO/c1-5-3-6(8)4-7(10)9(5)2/h3-4H,1-2H3. The summed E-state index contributed by atoms with van der Waals surface area (Å²) in [6.07, 6.45) is 0. The Balaban J connectivity index is 3.46. The minimum absolute atomic E-state index is 0.0648.